The smallest absolute Gasteiger partial charge is 0.331 e. The van der Waals surface area contributed by atoms with Crippen LogP contribution >= 0.6 is 15.9 Å². The van der Waals surface area contributed by atoms with Gasteiger partial charge in [0.05, 0.1) is 0 Å². The number of likely N-dealkylation sites (N-methyl/N-ethyl adjacent to an activating group) is 1. The van der Waals surface area contributed by atoms with E-state index in [9.17, 15) is 4.79 Å². The van der Waals surface area contributed by atoms with Crippen LogP contribution < -0.4 is 0 Å². The van der Waals surface area contributed by atoms with Crippen molar-refractivity contribution in [2.75, 3.05) is 13.6 Å². The summed E-state index contributed by atoms with van der Waals surface area (Å²) in [5, 5.41) is 8.93. The second-order valence-corrected chi connectivity index (χ2v) is 5.03. The van der Waals surface area contributed by atoms with Gasteiger partial charge in [-0.05, 0) is 25.1 Å². The molecular weight excluding hydrogens is 294 g/mol. The van der Waals surface area contributed by atoms with Gasteiger partial charge in [-0.1, -0.05) is 47.1 Å². The van der Waals surface area contributed by atoms with Gasteiger partial charge in [0.2, 0.25) is 0 Å². The molecule has 1 rings (SSSR count). The van der Waals surface area contributed by atoms with Gasteiger partial charge in [0.1, 0.15) is 0 Å². The minimum Gasteiger partial charge on any atom is -0.478 e. The van der Waals surface area contributed by atoms with E-state index in [1.807, 2.05) is 32.2 Å². The lowest BCUT2D eigenvalue weighted by molar-refractivity contribution is -0.132. The maximum absolute atomic E-state index is 10.9. The second-order valence-electron chi connectivity index (χ2n) is 4.18. The van der Waals surface area contributed by atoms with Crippen molar-refractivity contribution in [2.24, 2.45) is 0 Å². The maximum atomic E-state index is 10.9. The third-order valence-corrected chi connectivity index (χ3v) is 3.48. The van der Waals surface area contributed by atoms with Crippen LogP contribution in [0.3, 0.4) is 0 Å². The van der Waals surface area contributed by atoms with E-state index in [0.29, 0.717) is 18.5 Å². The number of carboxylic acids is 1. The number of benzene rings is 1. The Kier molecular flexibility index (Phi) is 6.09. The van der Waals surface area contributed by atoms with Crippen LogP contribution in [0.2, 0.25) is 0 Å². The lowest BCUT2D eigenvalue weighted by Gasteiger charge is -2.16. The van der Waals surface area contributed by atoms with Gasteiger partial charge < -0.3 is 5.11 Å². The van der Waals surface area contributed by atoms with Crippen molar-refractivity contribution in [1.29, 1.82) is 0 Å². The number of rotatable bonds is 6. The van der Waals surface area contributed by atoms with Crippen LogP contribution in [-0.4, -0.2) is 29.6 Å². The first-order valence-corrected chi connectivity index (χ1v) is 6.68. The Bertz CT molecular complexity index is 443. The maximum Gasteiger partial charge on any atom is 0.331 e. The molecule has 0 bridgehead atoms. The quantitative estimate of drug-likeness (QED) is 0.819. The number of aliphatic carboxylic acids is 1. The van der Waals surface area contributed by atoms with Gasteiger partial charge >= 0.3 is 5.97 Å². The molecule has 0 aliphatic rings. The zero-order chi connectivity index (χ0) is 13.5. The SMILES string of the molecule is CCC(=CCN(C)Cc1ccccc1Br)C(=O)O. The van der Waals surface area contributed by atoms with Crippen LogP contribution in [0, 0.1) is 0 Å². The van der Waals surface area contributed by atoms with E-state index in [1.54, 1.807) is 6.08 Å². The molecule has 98 valence electrons. The van der Waals surface area contributed by atoms with E-state index in [-0.39, 0.29) is 0 Å². The monoisotopic (exact) mass is 311 g/mol. The molecule has 0 aliphatic carbocycles. The number of carboxylic acid groups (broad SMARTS) is 1. The van der Waals surface area contributed by atoms with Crippen molar-refractivity contribution in [2.45, 2.75) is 19.9 Å². The average Bonchev–Trinajstić information content (AvgIpc) is 2.32. The number of nitrogens with zero attached hydrogens (tertiary/aromatic N) is 1. The van der Waals surface area contributed by atoms with E-state index in [1.165, 1.54) is 5.56 Å². The first-order chi connectivity index (χ1) is 8.54. The molecule has 3 nitrogen and oxygen atoms in total. The van der Waals surface area contributed by atoms with E-state index < -0.39 is 5.97 Å². The minimum atomic E-state index is -0.827. The number of carbonyl (C=O) groups is 1. The standard InChI is InChI=1S/C14H18BrNO2/c1-3-11(14(17)18)8-9-16(2)10-12-6-4-5-7-13(12)15/h4-8H,3,9-10H2,1-2H3,(H,17,18). The molecule has 0 atom stereocenters. The molecule has 0 aliphatic heterocycles. The van der Waals surface area contributed by atoms with Crippen molar-refractivity contribution >= 4 is 21.9 Å². The molecule has 1 aromatic rings. The van der Waals surface area contributed by atoms with Gasteiger partial charge in [-0.2, -0.15) is 0 Å². The summed E-state index contributed by atoms with van der Waals surface area (Å²) in [6.07, 6.45) is 2.33. The fraction of sp³-hybridized carbons (Fsp3) is 0.357. The highest BCUT2D eigenvalue weighted by molar-refractivity contribution is 9.10. The van der Waals surface area contributed by atoms with Crippen LogP contribution in [0.1, 0.15) is 18.9 Å². The molecule has 0 spiro atoms. The van der Waals surface area contributed by atoms with Gasteiger partial charge in [0.15, 0.2) is 0 Å². The number of halogens is 1. The fourth-order valence-electron chi connectivity index (χ4n) is 1.63. The molecule has 0 saturated carbocycles. The summed E-state index contributed by atoms with van der Waals surface area (Å²) in [6.45, 7) is 3.28. The molecule has 1 N–H and O–H groups in total. The largest absolute Gasteiger partial charge is 0.478 e. The number of hydrogen-bond acceptors (Lipinski definition) is 2. The van der Waals surface area contributed by atoms with E-state index >= 15 is 0 Å². The highest BCUT2D eigenvalue weighted by atomic mass is 79.9. The van der Waals surface area contributed by atoms with Crippen LogP contribution in [0.25, 0.3) is 0 Å². The fourth-order valence-corrected chi connectivity index (χ4v) is 2.04. The Morgan fingerprint density at radius 3 is 2.67 bits per heavy atom. The van der Waals surface area contributed by atoms with Gasteiger partial charge in [-0.15, -0.1) is 0 Å². The Morgan fingerprint density at radius 1 is 1.44 bits per heavy atom. The summed E-state index contributed by atoms with van der Waals surface area (Å²) in [4.78, 5) is 12.9. The lowest BCUT2D eigenvalue weighted by atomic mass is 10.2. The topological polar surface area (TPSA) is 40.5 Å². The predicted molar refractivity (Wildman–Crippen MR) is 76.5 cm³/mol. The van der Waals surface area contributed by atoms with Crippen molar-refractivity contribution in [3.05, 3.63) is 46.0 Å². The molecule has 0 saturated heterocycles. The molecule has 18 heavy (non-hydrogen) atoms. The molecule has 0 unspecified atom stereocenters. The zero-order valence-corrected chi connectivity index (χ0v) is 12.3. The minimum absolute atomic E-state index is 0.467. The van der Waals surface area contributed by atoms with Crippen molar-refractivity contribution in [3.63, 3.8) is 0 Å². The van der Waals surface area contributed by atoms with Crippen LogP contribution in [-0.2, 0) is 11.3 Å². The van der Waals surface area contributed by atoms with Crippen molar-refractivity contribution in [1.82, 2.24) is 4.90 Å². The first-order valence-electron chi connectivity index (χ1n) is 5.88. The highest BCUT2D eigenvalue weighted by Crippen LogP contribution is 2.17. The van der Waals surface area contributed by atoms with E-state index in [0.717, 1.165) is 11.0 Å². The van der Waals surface area contributed by atoms with Crippen LogP contribution in [0.5, 0.6) is 0 Å². The van der Waals surface area contributed by atoms with Gasteiger partial charge in [0, 0.05) is 23.1 Å². The Morgan fingerprint density at radius 2 is 2.11 bits per heavy atom. The summed E-state index contributed by atoms with van der Waals surface area (Å²) in [7, 11) is 1.98. The normalized spacial score (nSPS) is 11.9. The third kappa shape index (κ3) is 4.63. The second kappa shape index (κ2) is 7.34. The summed E-state index contributed by atoms with van der Waals surface area (Å²) < 4.78 is 1.08. The van der Waals surface area contributed by atoms with Crippen LogP contribution in [0.15, 0.2) is 40.4 Å². The van der Waals surface area contributed by atoms with Crippen molar-refractivity contribution < 1.29 is 9.90 Å². The van der Waals surface area contributed by atoms with Gasteiger partial charge in [-0.25, -0.2) is 4.79 Å². The summed E-state index contributed by atoms with van der Waals surface area (Å²) in [6, 6.07) is 8.04. The van der Waals surface area contributed by atoms with Crippen molar-refractivity contribution in [3.8, 4) is 0 Å². The number of hydrogen-bond donors (Lipinski definition) is 1. The van der Waals surface area contributed by atoms with Crippen LogP contribution in [0.4, 0.5) is 0 Å². The van der Waals surface area contributed by atoms with Gasteiger partial charge in [-0.3, -0.25) is 4.90 Å². The molecule has 1 aromatic carbocycles. The molecule has 0 radical (unpaired) electrons. The molecule has 4 heteroatoms. The first kappa shape index (κ1) is 14.9. The zero-order valence-electron chi connectivity index (χ0n) is 10.7. The highest BCUT2D eigenvalue weighted by Gasteiger charge is 2.06. The van der Waals surface area contributed by atoms with Gasteiger partial charge in [0.25, 0.3) is 0 Å². The Labute approximate surface area is 116 Å². The molecular formula is C14H18BrNO2. The Balaban J connectivity index is 2.60. The van der Waals surface area contributed by atoms with E-state index in [4.69, 9.17) is 5.11 Å². The van der Waals surface area contributed by atoms with E-state index in [2.05, 4.69) is 26.9 Å². The molecule has 0 amide bonds. The summed E-state index contributed by atoms with van der Waals surface area (Å²) in [5.41, 5.74) is 1.66. The summed E-state index contributed by atoms with van der Waals surface area (Å²) in [5.74, 6) is -0.827. The average molecular weight is 312 g/mol. The molecule has 0 fully saturated rings. The molecule has 0 heterocycles. The lowest BCUT2D eigenvalue weighted by Crippen LogP contribution is -2.19. The molecule has 0 aromatic heterocycles. The third-order valence-electron chi connectivity index (χ3n) is 2.70. The Hall–Kier alpha value is -1.13. The summed E-state index contributed by atoms with van der Waals surface area (Å²) >= 11 is 3.51. The predicted octanol–water partition coefficient (Wildman–Crippen LogP) is 3.30.